The Balaban J connectivity index is 1.42. The highest BCUT2D eigenvalue weighted by Gasteiger charge is 2.22. The number of rotatable bonds is 9. The van der Waals surface area contributed by atoms with Gasteiger partial charge in [0.25, 0.3) is 0 Å². The van der Waals surface area contributed by atoms with Gasteiger partial charge in [0.05, 0.1) is 13.2 Å². The lowest BCUT2D eigenvalue weighted by atomic mass is 9.89. The molecule has 0 aliphatic carbocycles. The van der Waals surface area contributed by atoms with Gasteiger partial charge in [0, 0.05) is 49.1 Å². The Morgan fingerprint density at radius 1 is 1.30 bits per heavy atom. The summed E-state index contributed by atoms with van der Waals surface area (Å²) in [6.45, 7) is 7.54. The summed E-state index contributed by atoms with van der Waals surface area (Å²) in [4.78, 5) is 18.7. The zero-order chi connectivity index (χ0) is 20.8. The van der Waals surface area contributed by atoms with E-state index in [1.807, 2.05) is 0 Å². The van der Waals surface area contributed by atoms with Crippen LogP contribution in [0, 0.1) is 0 Å². The lowest BCUT2D eigenvalue weighted by Gasteiger charge is -2.26. The van der Waals surface area contributed by atoms with Gasteiger partial charge in [-0.3, -0.25) is 9.69 Å². The van der Waals surface area contributed by atoms with E-state index in [1.165, 1.54) is 27.6 Å². The molecule has 2 N–H and O–H groups in total. The second kappa shape index (κ2) is 10.2. The number of amides is 1. The number of ether oxygens (including phenoxy) is 1. The average molecular weight is 426 g/mol. The van der Waals surface area contributed by atoms with Crippen molar-refractivity contribution in [1.82, 2.24) is 15.2 Å². The smallest absolute Gasteiger partial charge is 0.220 e. The van der Waals surface area contributed by atoms with Crippen LogP contribution in [0.3, 0.4) is 0 Å². The molecule has 6 heteroatoms. The number of hydrogen-bond donors (Lipinski definition) is 2. The summed E-state index contributed by atoms with van der Waals surface area (Å²) in [5.74, 6) is 0.186. The summed E-state index contributed by atoms with van der Waals surface area (Å²) in [7, 11) is 0. The van der Waals surface area contributed by atoms with Crippen molar-refractivity contribution in [3.05, 3.63) is 57.9 Å². The van der Waals surface area contributed by atoms with E-state index in [0.717, 1.165) is 52.2 Å². The molecule has 0 saturated carbocycles. The zero-order valence-corrected chi connectivity index (χ0v) is 18.5. The molecule has 1 aliphatic heterocycles. The highest BCUT2D eigenvalue weighted by Crippen LogP contribution is 2.35. The standard InChI is InChI=1S/C24H31N3O2S/c1-2-18-5-3-6-20-22(16-26-24(18)20)21(19-7-14-30-17-19)15-23(28)25-8-4-9-27-10-12-29-13-11-27/h3,5-7,14,16-17,21,26H,2,4,8-13,15H2,1H3,(H,25,28). The van der Waals surface area contributed by atoms with Crippen LogP contribution in [-0.4, -0.2) is 55.2 Å². The Labute approximate surface area is 182 Å². The topological polar surface area (TPSA) is 57.4 Å². The first-order valence-electron chi connectivity index (χ1n) is 10.9. The molecule has 30 heavy (non-hydrogen) atoms. The van der Waals surface area contributed by atoms with E-state index in [1.54, 1.807) is 11.3 Å². The van der Waals surface area contributed by atoms with Crippen LogP contribution in [0.4, 0.5) is 0 Å². The fraction of sp³-hybridized carbons (Fsp3) is 0.458. The molecule has 2 aromatic heterocycles. The number of aryl methyl sites for hydroxylation is 1. The van der Waals surface area contributed by atoms with Crippen molar-refractivity contribution < 1.29 is 9.53 Å². The fourth-order valence-corrected chi connectivity index (χ4v) is 5.03. The quantitative estimate of drug-likeness (QED) is 0.506. The Bertz CT molecular complexity index is 945. The molecule has 1 atom stereocenters. The average Bonchev–Trinajstić information content (AvgIpc) is 3.46. The largest absolute Gasteiger partial charge is 0.379 e. The van der Waals surface area contributed by atoms with Crippen molar-refractivity contribution in [3.63, 3.8) is 0 Å². The molecule has 3 aromatic rings. The summed E-state index contributed by atoms with van der Waals surface area (Å²) in [5, 5.41) is 8.63. The molecule has 1 unspecified atom stereocenters. The molecule has 1 aromatic carbocycles. The van der Waals surface area contributed by atoms with Crippen LogP contribution in [0.2, 0.25) is 0 Å². The molecule has 4 rings (SSSR count). The maximum Gasteiger partial charge on any atom is 0.220 e. The number of hydrogen-bond acceptors (Lipinski definition) is 4. The first kappa shape index (κ1) is 21.1. The zero-order valence-electron chi connectivity index (χ0n) is 17.7. The molecule has 160 valence electrons. The lowest BCUT2D eigenvalue weighted by Crippen LogP contribution is -2.38. The van der Waals surface area contributed by atoms with Gasteiger partial charge in [0.15, 0.2) is 0 Å². The highest BCUT2D eigenvalue weighted by molar-refractivity contribution is 7.08. The third-order valence-electron chi connectivity index (χ3n) is 6.00. The van der Waals surface area contributed by atoms with Gasteiger partial charge in [-0.2, -0.15) is 11.3 Å². The van der Waals surface area contributed by atoms with Crippen molar-refractivity contribution in [3.8, 4) is 0 Å². The third kappa shape index (κ3) is 4.94. The van der Waals surface area contributed by atoms with Gasteiger partial charge < -0.3 is 15.0 Å². The molecule has 0 spiro atoms. The van der Waals surface area contributed by atoms with E-state index in [0.29, 0.717) is 6.42 Å². The third-order valence-corrected chi connectivity index (χ3v) is 6.70. The molecule has 5 nitrogen and oxygen atoms in total. The van der Waals surface area contributed by atoms with E-state index >= 15 is 0 Å². The van der Waals surface area contributed by atoms with Crippen LogP contribution in [0.5, 0.6) is 0 Å². The van der Waals surface area contributed by atoms with Gasteiger partial charge in [-0.1, -0.05) is 25.1 Å². The van der Waals surface area contributed by atoms with E-state index in [9.17, 15) is 4.79 Å². The van der Waals surface area contributed by atoms with Gasteiger partial charge in [-0.25, -0.2) is 0 Å². The number of nitrogens with zero attached hydrogens (tertiary/aromatic N) is 1. The number of thiophene rings is 1. The van der Waals surface area contributed by atoms with Crippen LogP contribution in [-0.2, 0) is 16.0 Å². The first-order chi connectivity index (χ1) is 14.8. The summed E-state index contributed by atoms with van der Waals surface area (Å²) in [5.41, 5.74) is 4.94. The number of nitrogens with one attached hydrogen (secondary N) is 2. The Morgan fingerprint density at radius 3 is 2.93 bits per heavy atom. The van der Waals surface area contributed by atoms with E-state index in [4.69, 9.17) is 4.74 Å². The number of carbonyl (C=O) groups excluding carboxylic acids is 1. The molecular weight excluding hydrogens is 394 g/mol. The van der Waals surface area contributed by atoms with Crippen LogP contribution in [0.25, 0.3) is 10.9 Å². The van der Waals surface area contributed by atoms with Gasteiger partial charge in [0.2, 0.25) is 5.91 Å². The molecule has 0 radical (unpaired) electrons. The maximum absolute atomic E-state index is 12.8. The number of aromatic amines is 1. The second-order valence-electron chi connectivity index (χ2n) is 7.91. The van der Waals surface area contributed by atoms with Crippen LogP contribution < -0.4 is 5.32 Å². The van der Waals surface area contributed by atoms with E-state index in [-0.39, 0.29) is 11.8 Å². The second-order valence-corrected chi connectivity index (χ2v) is 8.69. The molecular formula is C24H31N3O2S. The SMILES string of the molecule is CCc1cccc2c(C(CC(=O)NCCCN3CCOCC3)c3ccsc3)c[nH]c12. The number of aromatic nitrogens is 1. The summed E-state index contributed by atoms with van der Waals surface area (Å²) >= 11 is 1.68. The van der Waals surface area contributed by atoms with Crippen LogP contribution >= 0.6 is 11.3 Å². The Kier molecular flexibility index (Phi) is 7.20. The van der Waals surface area contributed by atoms with Crippen LogP contribution in [0.1, 0.15) is 42.4 Å². The van der Waals surface area contributed by atoms with Gasteiger partial charge in [0.1, 0.15) is 0 Å². The number of carbonyl (C=O) groups is 1. The predicted octanol–water partition coefficient (Wildman–Crippen LogP) is 4.15. The minimum atomic E-state index is 0.0661. The maximum atomic E-state index is 12.8. The normalized spacial score (nSPS) is 16.0. The Morgan fingerprint density at radius 2 is 2.17 bits per heavy atom. The van der Waals surface area contributed by atoms with Crippen molar-refractivity contribution in [2.45, 2.75) is 32.1 Å². The molecule has 1 fully saturated rings. The fourth-order valence-electron chi connectivity index (χ4n) is 4.32. The van der Waals surface area contributed by atoms with Gasteiger partial charge in [-0.05, 0) is 52.9 Å². The summed E-state index contributed by atoms with van der Waals surface area (Å²) in [6.07, 6.45) is 4.53. The van der Waals surface area contributed by atoms with Gasteiger partial charge in [-0.15, -0.1) is 0 Å². The summed E-state index contributed by atoms with van der Waals surface area (Å²) in [6, 6.07) is 8.60. The number of benzene rings is 1. The van der Waals surface area contributed by atoms with E-state index < -0.39 is 0 Å². The Hall–Kier alpha value is -2.15. The molecule has 1 saturated heterocycles. The monoisotopic (exact) mass is 425 g/mol. The minimum absolute atomic E-state index is 0.0661. The highest BCUT2D eigenvalue weighted by atomic mass is 32.1. The van der Waals surface area contributed by atoms with Crippen molar-refractivity contribution in [1.29, 1.82) is 0 Å². The number of morpholine rings is 1. The number of fused-ring (bicyclic) bond motifs is 1. The molecule has 1 amide bonds. The van der Waals surface area contributed by atoms with Crippen molar-refractivity contribution in [2.24, 2.45) is 0 Å². The van der Waals surface area contributed by atoms with E-state index in [2.05, 4.69) is 63.3 Å². The molecule has 3 heterocycles. The van der Waals surface area contributed by atoms with Gasteiger partial charge >= 0.3 is 0 Å². The lowest BCUT2D eigenvalue weighted by molar-refractivity contribution is -0.121. The number of para-hydroxylation sites is 1. The number of H-pyrrole nitrogens is 1. The predicted molar refractivity (Wildman–Crippen MR) is 123 cm³/mol. The van der Waals surface area contributed by atoms with Crippen molar-refractivity contribution in [2.75, 3.05) is 39.4 Å². The van der Waals surface area contributed by atoms with Crippen LogP contribution in [0.15, 0.2) is 41.2 Å². The van der Waals surface area contributed by atoms with Crippen molar-refractivity contribution >= 4 is 28.1 Å². The molecule has 0 bridgehead atoms. The molecule has 1 aliphatic rings. The first-order valence-corrected chi connectivity index (χ1v) is 11.9. The summed E-state index contributed by atoms with van der Waals surface area (Å²) < 4.78 is 5.39. The minimum Gasteiger partial charge on any atom is -0.379 e.